The number of carboxylic acid groups (broad SMARTS) is 1. The molecule has 2 aliphatic rings. The Bertz CT molecular complexity index is 2000. The molecular weight excluding hydrogens is 668 g/mol. The quantitative estimate of drug-likeness (QED) is 0.0613. The van der Waals surface area contributed by atoms with E-state index in [4.69, 9.17) is 11.5 Å². The summed E-state index contributed by atoms with van der Waals surface area (Å²) in [5, 5.41) is 16.8. The fourth-order valence-electron chi connectivity index (χ4n) is 7.14. The van der Waals surface area contributed by atoms with Crippen LogP contribution >= 0.6 is 0 Å². The van der Waals surface area contributed by atoms with Crippen molar-refractivity contribution in [1.82, 2.24) is 35.4 Å². The van der Waals surface area contributed by atoms with Crippen molar-refractivity contribution in [3.05, 3.63) is 89.1 Å². The lowest BCUT2D eigenvalue weighted by atomic mass is 9.92. The number of imidazole rings is 1. The molecule has 1 unspecified atom stereocenters. The zero-order chi connectivity index (χ0) is 36.9. The van der Waals surface area contributed by atoms with Crippen molar-refractivity contribution in [3.63, 3.8) is 0 Å². The van der Waals surface area contributed by atoms with E-state index in [0.717, 1.165) is 33.3 Å². The number of hydrogen-bond donors (Lipinski definition) is 7. The SMILES string of the molecule is CC(=O)N[C@@H](Cc1cnc[nH]1)C(=O)N1Cc2ccccc2C[C@@H]1C(=O)N[C@@H](CCCN=C(N)N)C(=O)N1Cc2[nH]c3ccccc3c2CC1C(=O)O. The van der Waals surface area contributed by atoms with E-state index < -0.39 is 53.8 Å². The molecule has 6 rings (SSSR count). The van der Waals surface area contributed by atoms with Crippen LogP contribution in [0.1, 0.15) is 47.8 Å². The highest BCUT2D eigenvalue weighted by molar-refractivity contribution is 5.96. The summed E-state index contributed by atoms with van der Waals surface area (Å²) in [6.07, 6.45) is 3.76. The Labute approximate surface area is 299 Å². The molecule has 4 heterocycles. The number of carboxylic acids is 1. The second kappa shape index (κ2) is 15.4. The number of benzene rings is 2. The predicted octanol–water partition coefficient (Wildman–Crippen LogP) is 0.468. The molecule has 0 fully saturated rings. The molecule has 16 heteroatoms. The van der Waals surface area contributed by atoms with Crippen molar-refractivity contribution in [3.8, 4) is 0 Å². The van der Waals surface area contributed by atoms with Gasteiger partial charge in [-0.2, -0.15) is 0 Å². The number of carbonyl (C=O) groups excluding carboxylic acids is 4. The maximum absolute atomic E-state index is 14.4. The Kier molecular flexibility index (Phi) is 10.5. The van der Waals surface area contributed by atoms with Crippen LogP contribution in [-0.2, 0) is 56.3 Å². The number of fused-ring (bicyclic) bond motifs is 4. The van der Waals surface area contributed by atoms with Gasteiger partial charge in [-0.15, -0.1) is 0 Å². The Morgan fingerprint density at radius 1 is 0.942 bits per heavy atom. The number of nitrogens with zero attached hydrogens (tertiary/aromatic N) is 4. The molecule has 4 aromatic rings. The zero-order valence-corrected chi connectivity index (χ0v) is 28.7. The maximum Gasteiger partial charge on any atom is 0.326 e. The number of aliphatic carboxylic acids is 1. The minimum atomic E-state index is -1.18. The molecule has 0 bridgehead atoms. The number of aromatic amines is 2. The highest BCUT2D eigenvalue weighted by atomic mass is 16.4. The molecule has 16 nitrogen and oxygen atoms in total. The van der Waals surface area contributed by atoms with Crippen molar-refractivity contribution in [2.24, 2.45) is 16.5 Å². The number of nitrogens with one attached hydrogen (secondary N) is 4. The molecule has 9 N–H and O–H groups in total. The number of aliphatic imine (C=N–C) groups is 1. The van der Waals surface area contributed by atoms with Crippen LogP contribution in [0.4, 0.5) is 0 Å². The van der Waals surface area contributed by atoms with E-state index in [1.54, 1.807) is 6.20 Å². The van der Waals surface area contributed by atoms with E-state index in [0.29, 0.717) is 12.1 Å². The van der Waals surface area contributed by atoms with Crippen LogP contribution in [0.25, 0.3) is 10.9 Å². The van der Waals surface area contributed by atoms with Crippen LogP contribution in [0.2, 0.25) is 0 Å². The number of amides is 4. The van der Waals surface area contributed by atoms with E-state index in [-0.39, 0.29) is 51.3 Å². The van der Waals surface area contributed by atoms with Gasteiger partial charge in [-0.25, -0.2) is 9.78 Å². The Morgan fingerprint density at radius 3 is 2.37 bits per heavy atom. The van der Waals surface area contributed by atoms with Gasteiger partial charge < -0.3 is 47.0 Å². The normalized spacial score (nSPS) is 17.7. The average Bonchev–Trinajstić information content (AvgIpc) is 3.78. The molecule has 2 aromatic carbocycles. The number of carbonyl (C=O) groups is 5. The molecule has 0 radical (unpaired) electrons. The maximum atomic E-state index is 14.4. The first-order valence-corrected chi connectivity index (χ1v) is 17.1. The van der Waals surface area contributed by atoms with Gasteiger partial charge >= 0.3 is 5.97 Å². The second-order valence-corrected chi connectivity index (χ2v) is 13.2. The minimum Gasteiger partial charge on any atom is -0.480 e. The van der Waals surface area contributed by atoms with Crippen LogP contribution in [-0.4, -0.2) is 96.1 Å². The van der Waals surface area contributed by atoms with Crippen molar-refractivity contribution in [2.75, 3.05) is 6.54 Å². The molecular formula is C36H42N10O6. The van der Waals surface area contributed by atoms with Gasteiger partial charge in [0.1, 0.15) is 24.2 Å². The molecule has 52 heavy (non-hydrogen) atoms. The molecule has 2 aromatic heterocycles. The number of nitrogens with two attached hydrogens (primary N) is 2. The smallest absolute Gasteiger partial charge is 0.326 e. The number of guanidine groups is 1. The zero-order valence-electron chi connectivity index (χ0n) is 28.7. The highest BCUT2D eigenvalue weighted by Gasteiger charge is 2.42. The fourth-order valence-corrected chi connectivity index (χ4v) is 7.14. The number of para-hydroxylation sites is 1. The molecule has 4 amide bonds. The Balaban J connectivity index is 1.30. The summed E-state index contributed by atoms with van der Waals surface area (Å²) < 4.78 is 0. The third-order valence-corrected chi connectivity index (χ3v) is 9.62. The van der Waals surface area contributed by atoms with Crippen LogP contribution in [0.15, 0.2) is 66.0 Å². The van der Waals surface area contributed by atoms with Crippen LogP contribution in [0.3, 0.4) is 0 Å². The van der Waals surface area contributed by atoms with Gasteiger partial charge in [0.2, 0.25) is 23.6 Å². The van der Waals surface area contributed by atoms with Crippen molar-refractivity contribution in [2.45, 2.75) is 76.3 Å². The number of hydrogen-bond acceptors (Lipinski definition) is 7. The molecule has 0 aliphatic carbocycles. The van der Waals surface area contributed by atoms with E-state index in [2.05, 4.69) is 30.6 Å². The third-order valence-electron chi connectivity index (χ3n) is 9.62. The first-order chi connectivity index (χ1) is 25.0. The van der Waals surface area contributed by atoms with Gasteiger partial charge in [-0.1, -0.05) is 42.5 Å². The predicted molar refractivity (Wildman–Crippen MR) is 190 cm³/mol. The van der Waals surface area contributed by atoms with Gasteiger partial charge in [0.15, 0.2) is 5.96 Å². The molecule has 272 valence electrons. The summed E-state index contributed by atoms with van der Waals surface area (Å²) in [6, 6.07) is 10.6. The standard InChI is InChI=1S/C36H42N10O6/c1-20(47)42-28(14-23-16-39-19-41-23)34(50)45-17-22-8-3-2-7-21(22)13-30(45)32(48)44-27(11-6-12-40-36(37)38)33(49)46-18-29-25(15-31(46)35(51)52)24-9-4-5-10-26(24)43-29/h2-5,7-10,16,19,27-28,30-31,43H,6,11-15,17-18H2,1H3,(H,39,41)(H,42,47)(H,44,48)(H,51,52)(H4,37,38,40)/t27-,28-,30+,31?/m0/s1. The van der Waals surface area contributed by atoms with Gasteiger partial charge in [0.05, 0.1) is 12.9 Å². The topological polar surface area (TPSA) is 245 Å². The highest BCUT2D eigenvalue weighted by Crippen LogP contribution is 2.31. The summed E-state index contributed by atoms with van der Waals surface area (Å²) in [5.41, 5.74) is 15.7. The lowest BCUT2D eigenvalue weighted by molar-refractivity contribution is -0.153. The molecule has 4 atom stereocenters. The van der Waals surface area contributed by atoms with E-state index in [9.17, 15) is 29.1 Å². The van der Waals surface area contributed by atoms with E-state index in [1.165, 1.54) is 23.1 Å². The Morgan fingerprint density at radius 2 is 1.65 bits per heavy atom. The second-order valence-electron chi connectivity index (χ2n) is 13.2. The molecule has 0 spiro atoms. The lowest BCUT2D eigenvalue weighted by Gasteiger charge is -2.39. The van der Waals surface area contributed by atoms with E-state index in [1.807, 2.05) is 48.5 Å². The number of H-pyrrole nitrogens is 2. The van der Waals surface area contributed by atoms with Gasteiger partial charge in [-0.3, -0.25) is 24.2 Å². The van der Waals surface area contributed by atoms with Crippen molar-refractivity contribution in [1.29, 1.82) is 0 Å². The van der Waals surface area contributed by atoms with E-state index >= 15 is 0 Å². The average molecular weight is 711 g/mol. The van der Waals surface area contributed by atoms with Crippen molar-refractivity contribution < 1.29 is 29.1 Å². The minimum absolute atomic E-state index is 0.00645. The Hall–Kier alpha value is -6.19. The van der Waals surface area contributed by atoms with Crippen LogP contribution in [0, 0.1) is 0 Å². The lowest BCUT2D eigenvalue weighted by Crippen LogP contribution is -2.61. The molecule has 0 saturated heterocycles. The van der Waals surface area contributed by atoms with Gasteiger partial charge in [-0.05, 0) is 35.6 Å². The summed E-state index contributed by atoms with van der Waals surface area (Å²) in [5.74, 6) is -3.38. The summed E-state index contributed by atoms with van der Waals surface area (Å²) >= 11 is 0. The summed E-state index contributed by atoms with van der Waals surface area (Å²) in [7, 11) is 0. The number of aromatic nitrogens is 3. The summed E-state index contributed by atoms with van der Waals surface area (Å²) in [6.45, 7) is 1.56. The molecule has 0 saturated carbocycles. The van der Waals surface area contributed by atoms with Crippen molar-refractivity contribution >= 4 is 46.5 Å². The summed E-state index contributed by atoms with van der Waals surface area (Å²) in [4.78, 5) is 84.9. The van der Waals surface area contributed by atoms with Crippen LogP contribution in [0.5, 0.6) is 0 Å². The fraction of sp³-hybridized carbons (Fsp3) is 0.361. The molecule has 2 aliphatic heterocycles. The van der Waals surface area contributed by atoms with Crippen LogP contribution < -0.4 is 22.1 Å². The largest absolute Gasteiger partial charge is 0.480 e. The number of rotatable bonds is 12. The first kappa shape index (κ1) is 35.6. The van der Waals surface area contributed by atoms with Gasteiger partial charge in [0, 0.05) is 67.8 Å². The monoisotopic (exact) mass is 710 g/mol. The van der Waals surface area contributed by atoms with Gasteiger partial charge in [0.25, 0.3) is 0 Å². The first-order valence-electron chi connectivity index (χ1n) is 17.1. The third kappa shape index (κ3) is 7.75.